The summed E-state index contributed by atoms with van der Waals surface area (Å²) in [6.45, 7) is 5.28. The molecule has 1 atom stereocenters. The molecule has 1 aliphatic carbocycles. The third-order valence-electron chi connectivity index (χ3n) is 5.75. The molecule has 3 heterocycles. The van der Waals surface area contributed by atoms with Gasteiger partial charge in [0.2, 0.25) is 0 Å². The van der Waals surface area contributed by atoms with Gasteiger partial charge < -0.3 is 9.55 Å². The smallest absolute Gasteiger partial charge is 0.259 e. The highest BCUT2D eigenvalue weighted by molar-refractivity contribution is 7.98. The molecule has 0 fully saturated rings. The van der Waals surface area contributed by atoms with Crippen molar-refractivity contribution < 1.29 is 0 Å². The molecule has 0 saturated heterocycles. The number of thiophene rings is 1. The molecule has 4 rings (SSSR count). The topological polar surface area (TPSA) is 79.7 Å². The molecule has 3 aromatic heterocycles. The number of rotatable bonds is 9. The quantitative estimate of drug-likeness (QED) is 0.497. The first-order valence-corrected chi connectivity index (χ1v) is 12.6. The van der Waals surface area contributed by atoms with Crippen molar-refractivity contribution >= 4 is 33.3 Å². The molecule has 0 bridgehead atoms. The summed E-state index contributed by atoms with van der Waals surface area (Å²) >= 11 is 3.29. The van der Waals surface area contributed by atoms with Crippen molar-refractivity contribution in [3.8, 4) is 0 Å². The van der Waals surface area contributed by atoms with E-state index in [1.54, 1.807) is 23.1 Å². The number of fused-ring (bicyclic) bond motifs is 3. The van der Waals surface area contributed by atoms with Gasteiger partial charge in [-0.05, 0) is 51.8 Å². The number of aromatic nitrogens is 5. The molecule has 0 aromatic carbocycles. The van der Waals surface area contributed by atoms with Crippen LogP contribution in [0.2, 0.25) is 0 Å². The average Bonchev–Trinajstić information content (AvgIpc) is 3.39. The van der Waals surface area contributed by atoms with Gasteiger partial charge in [0.05, 0.1) is 17.2 Å². The van der Waals surface area contributed by atoms with Crippen LogP contribution in [0.3, 0.4) is 0 Å². The molecular weight excluding hydrogens is 416 g/mol. The minimum absolute atomic E-state index is 0.00166. The van der Waals surface area contributed by atoms with Crippen molar-refractivity contribution in [2.45, 2.75) is 75.9 Å². The third-order valence-corrected chi connectivity index (χ3v) is 7.91. The summed E-state index contributed by atoms with van der Waals surface area (Å²) in [7, 11) is 4.17. The Kier molecular flexibility index (Phi) is 6.60. The first-order chi connectivity index (χ1) is 14.5. The lowest BCUT2D eigenvalue weighted by Crippen LogP contribution is -2.23. The predicted molar refractivity (Wildman–Crippen MR) is 123 cm³/mol. The SMILES string of the molecule is CCCCn1c(SCc2nc3sc4c(c3c(=O)[nH]2)CCC4)nnc1[C@H](CC)N(C)C. The molecule has 162 valence electrons. The fraction of sp³-hybridized carbons (Fsp3) is 0.619. The van der Waals surface area contributed by atoms with Crippen LogP contribution < -0.4 is 5.56 Å². The molecule has 3 aromatic rings. The van der Waals surface area contributed by atoms with Gasteiger partial charge in [-0.3, -0.25) is 9.69 Å². The van der Waals surface area contributed by atoms with Crippen LogP contribution in [0.4, 0.5) is 0 Å². The first-order valence-electron chi connectivity index (χ1n) is 10.8. The number of H-pyrrole nitrogens is 1. The highest BCUT2D eigenvalue weighted by Crippen LogP contribution is 2.35. The van der Waals surface area contributed by atoms with Crippen molar-refractivity contribution in [1.29, 1.82) is 0 Å². The largest absolute Gasteiger partial charge is 0.309 e. The van der Waals surface area contributed by atoms with E-state index in [-0.39, 0.29) is 11.6 Å². The molecular formula is C21H30N6OS2. The Hall–Kier alpha value is -1.71. The van der Waals surface area contributed by atoms with Crippen LogP contribution in [0.25, 0.3) is 10.2 Å². The van der Waals surface area contributed by atoms with E-state index in [0.717, 1.165) is 66.3 Å². The van der Waals surface area contributed by atoms with Gasteiger partial charge in [0, 0.05) is 11.4 Å². The molecule has 9 heteroatoms. The van der Waals surface area contributed by atoms with Crippen molar-refractivity contribution in [3.63, 3.8) is 0 Å². The standard InChI is InChI=1S/C21H30N6OS2/c1-5-7-11-27-18(14(6-2)26(3)4)24-25-21(27)29-12-16-22-19(28)17-13-9-8-10-15(13)30-20(17)23-16/h14H,5-12H2,1-4H3,(H,22,23,28)/t14-/m0/s1. The Labute approximate surface area is 185 Å². The maximum absolute atomic E-state index is 12.7. The van der Waals surface area contributed by atoms with Crippen LogP contribution in [0.15, 0.2) is 9.95 Å². The van der Waals surface area contributed by atoms with Crippen LogP contribution in [0, 0.1) is 0 Å². The molecule has 0 spiro atoms. The maximum Gasteiger partial charge on any atom is 0.259 e. The number of nitrogens with one attached hydrogen (secondary N) is 1. The Morgan fingerprint density at radius 2 is 2.10 bits per heavy atom. The van der Waals surface area contributed by atoms with Gasteiger partial charge in [-0.15, -0.1) is 21.5 Å². The van der Waals surface area contributed by atoms with E-state index in [1.807, 2.05) is 0 Å². The monoisotopic (exact) mass is 446 g/mol. The predicted octanol–water partition coefficient (Wildman–Crippen LogP) is 4.17. The highest BCUT2D eigenvalue weighted by Gasteiger charge is 2.23. The molecule has 7 nitrogen and oxygen atoms in total. The summed E-state index contributed by atoms with van der Waals surface area (Å²) in [5.74, 6) is 2.31. The van der Waals surface area contributed by atoms with Gasteiger partial charge in [-0.1, -0.05) is 32.0 Å². The first kappa shape index (κ1) is 21.5. The Bertz CT molecular complexity index is 1080. The number of nitrogens with zero attached hydrogens (tertiary/aromatic N) is 5. The van der Waals surface area contributed by atoms with Gasteiger partial charge in [0.15, 0.2) is 11.0 Å². The molecule has 0 aliphatic heterocycles. The minimum Gasteiger partial charge on any atom is -0.309 e. The second-order valence-electron chi connectivity index (χ2n) is 8.07. The van der Waals surface area contributed by atoms with Crippen molar-refractivity contribution in [2.75, 3.05) is 14.1 Å². The number of hydrogen-bond acceptors (Lipinski definition) is 7. The van der Waals surface area contributed by atoms with E-state index in [1.165, 1.54) is 10.4 Å². The van der Waals surface area contributed by atoms with E-state index in [2.05, 4.69) is 52.6 Å². The number of aryl methyl sites for hydroxylation is 2. The lowest BCUT2D eigenvalue weighted by molar-refractivity contribution is 0.270. The van der Waals surface area contributed by atoms with E-state index < -0.39 is 0 Å². The van der Waals surface area contributed by atoms with Gasteiger partial charge in [0.25, 0.3) is 5.56 Å². The van der Waals surface area contributed by atoms with Crippen molar-refractivity contribution in [1.82, 2.24) is 29.6 Å². The normalized spacial score (nSPS) is 14.7. The van der Waals surface area contributed by atoms with Crippen LogP contribution in [-0.4, -0.2) is 43.7 Å². The second-order valence-corrected chi connectivity index (χ2v) is 10.1. The molecule has 0 saturated carbocycles. The zero-order chi connectivity index (χ0) is 21.3. The summed E-state index contributed by atoms with van der Waals surface area (Å²) in [6.07, 6.45) is 6.42. The minimum atomic E-state index is 0.00166. The van der Waals surface area contributed by atoms with Crippen molar-refractivity contribution in [2.24, 2.45) is 0 Å². The third kappa shape index (κ3) is 4.07. The fourth-order valence-corrected chi connectivity index (χ4v) is 6.33. The molecule has 1 aliphatic rings. The number of hydrogen-bond donors (Lipinski definition) is 1. The Morgan fingerprint density at radius 3 is 2.83 bits per heavy atom. The zero-order valence-electron chi connectivity index (χ0n) is 18.2. The van der Waals surface area contributed by atoms with E-state index in [0.29, 0.717) is 11.6 Å². The summed E-state index contributed by atoms with van der Waals surface area (Å²) in [5.41, 5.74) is 1.22. The number of unbranched alkanes of at least 4 members (excludes halogenated alkanes) is 1. The van der Waals surface area contributed by atoms with Gasteiger partial charge in [-0.2, -0.15) is 0 Å². The second kappa shape index (κ2) is 9.20. The van der Waals surface area contributed by atoms with E-state index in [9.17, 15) is 4.79 Å². The van der Waals surface area contributed by atoms with E-state index in [4.69, 9.17) is 4.98 Å². The van der Waals surface area contributed by atoms with Gasteiger partial charge in [-0.25, -0.2) is 4.98 Å². The lowest BCUT2D eigenvalue weighted by atomic mass is 10.2. The summed E-state index contributed by atoms with van der Waals surface area (Å²) in [6, 6.07) is 0.242. The summed E-state index contributed by atoms with van der Waals surface area (Å²) < 4.78 is 2.25. The fourth-order valence-electron chi connectivity index (χ4n) is 4.21. The highest BCUT2D eigenvalue weighted by atomic mass is 32.2. The average molecular weight is 447 g/mol. The van der Waals surface area contributed by atoms with Crippen molar-refractivity contribution in [3.05, 3.63) is 32.4 Å². The lowest BCUT2D eigenvalue weighted by Gasteiger charge is -2.23. The van der Waals surface area contributed by atoms with Crippen LogP contribution in [0.5, 0.6) is 0 Å². The summed E-state index contributed by atoms with van der Waals surface area (Å²) in [4.78, 5) is 24.9. The molecule has 30 heavy (non-hydrogen) atoms. The van der Waals surface area contributed by atoms with Crippen LogP contribution in [-0.2, 0) is 25.1 Å². The van der Waals surface area contributed by atoms with Gasteiger partial charge >= 0.3 is 0 Å². The van der Waals surface area contributed by atoms with Gasteiger partial charge in [0.1, 0.15) is 10.7 Å². The summed E-state index contributed by atoms with van der Waals surface area (Å²) in [5, 5.41) is 10.7. The number of aromatic amines is 1. The maximum atomic E-state index is 12.7. The Morgan fingerprint density at radius 1 is 1.27 bits per heavy atom. The van der Waals surface area contributed by atoms with Crippen LogP contribution >= 0.6 is 23.1 Å². The number of thioether (sulfide) groups is 1. The zero-order valence-corrected chi connectivity index (χ0v) is 19.8. The Balaban J connectivity index is 1.59. The molecule has 0 radical (unpaired) electrons. The molecule has 0 unspecified atom stereocenters. The molecule has 0 amide bonds. The van der Waals surface area contributed by atoms with E-state index >= 15 is 0 Å². The molecule has 1 N–H and O–H groups in total. The van der Waals surface area contributed by atoms with Crippen LogP contribution in [0.1, 0.15) is 67.7 Å².